The molecule has 1 N–H and O–H groups in total. The Morgan fingerprint density at radius 1 is 1.00 bits per heavy atom. The first kappa shape index (κ1) is 16.8. The number of para-hydroxylation sites is 1. The number of carbonyl (C=O) groups excluding carboxylic acids is 1. The molecule has 0 radical (unpaired) electrons. The predicted molar refractivity (Wildman–Crippen MR) is 94.7 cm³/mol. The molecule has 0 saturated carbocycles. The zero-order valence-corrected chi connectivity index (χ0v) is 14.7. The van der Waals surface area contributed by atoms with Crippen LogP contribution in [0.2, 0.25) is 0 Å². The quantitative estimate of drug-likeness (QED) is 0.791. The molecule has 0 saturated heterocycles. The van der Waals surface area contributed by atoms with Crippen LogP contribution in [0.25, 0.3) is 5.69 Å². The standard InChI is InChI=1S/C18H20N6O/c1-11-12(2)21-22-18(19-11)20-17(25)10-16-13(3)23-24(14(16)4)15-8-6-5-7-9-15/h5-9H,10H2,1-4H3,(H,19,20,22,25). The number of hydrogen-bond donors (Lipinski definition) is 1. The molecule has 0 unspecified atom stereocenters. The molecular formula is C18H20N6O. The number of aromatic nitrogens is 5. The van der Waals surface area contributed by atoms with Crippen molar-refractivity contribution in [1.29, 1.82) is 0 Å². The molecule has 0 aliphatic carbocycles. The summed E-state index contributed by atoms with van der Waals surface area (Å²) in [5.41, 5.74) is 5.13. The second-order valence-corrected chi connectivity index (χ2v) is 5.93. The van der Waals surface area contributed by atoms with E-state index in [9.17, 15) is 4.79 Å². The first-order chi connectivity index (χ1) is 12.0. The highest BCUT2D eigenvalue weighted by Crippen LogP contribution is 2.18. The van der Waals surface area contributed by atoms with Crippen molar-refractivity contribution in [3.63, 3.8) is 0 Å². The van der Waals surface area contributed by atoms with Crippen LogP contribution in [0.3, 0.4) is 0 Å². The Balaban J connectivity index is 1.79. The molecule has 25 heavy (non-hydrogen) atoms. The summed E-state index contributed by atoms with van der Waals surface area (Å²) in [6.45, 7) is 7.52. The van der Waals surface area contributed by atoms with Gasteiger partial charge >= 0.3 is 0 Å². The highest BCUT2D eigenvalue weighted by Gasteiger charge is 2.16. The number of nitrogens with one attached hydrogen (secondary N) is 1. The Bertz CT molecular complexity index is 917. The van der Waals surface area contributed by atoms with Gasteiger partial charge in [0.2, 0.25) is 11.9 Å². The van der Waals surface area contributed by atoms with E-state index in [0.29, 0.717) is 0 Å². The van der Waals surface area contributed by atoms with E-state index < -0.39 is 0 Å². The summed E-state index contributed by atoms with van der Waals surface area (Å²) in [6, 6.07) is 9.85. The van der Waals surface area contributed by atoms with Gasteiger partial charge in [-0.2, -0.15) is 10.2 Å². The Labute approximate surface area is 146 Å². The molecule has 128 valence electrons. The van der Waals surface area contributed by atoms with E-state index in [1.54, 1.807) is 0 Å². The highest BCUT2D eigenvalue weighted by atomic mass is 16.1. The summed E-state index contributed by atoms with van der Waals surface area (Å²) in [7, 11) is 0. The van der Waals surface area contributed by atoms with E-state index in [1.807, 2.05) is 62.7 Å². The van der Waals surface area contributed by atoms with Gasteiger partial charge in [0.1, 0.15) is 0 Å². The monoisotopic (exact) mass is 336 g/mol. The van der Waals surface area contributed by atoms with Crippen molar-refractivity contribution in [2.45, 2.75) is 34.1 Å². The lowest BCUT2D eigenvalue weighted by molar-refractivity contribution is -0.115. The van der Waals surface area contributed by atoms with Crippen LogP contribution in [0, 0.1) is 27.7 Å². The average molecular weight is 336 g/mol. The lowest BCUT2D eigenvalue weighted by Gasteiger charge is -2.06. The molecule has 3 rings (SSSR count). The second-order valence-electron chi connectivity index (χ2n) is 5.93. The molecule has 1 aromatic carbocycles. The maximum Gasteiger partial charge on any atom is 0.249 e. The third-order valence-electron chi connectivity index (χ3n) is 4.12. The summed E-state index contributed by atoms with van der Waals surface area (Å²) in [4.78, 5) is 16.6. The highest BCUT2D eigenvalue weighted by molar-refractivity contribution is 5.90. The zero-order chi connectivity index (χ0) is 18.0. The van der Waals surface area contributed by atoms with Crippen molar-refractivity contribution in [3.8, 4) is 5.69 Å². The summed E-state index contributed by atoms with van der Waals surface area (Å²) in [5.74, 6) is 0.0303. The first-order valence-corrected chi connectivity index (χ1v) is 8.04. The van der Waals surface area contributed by atoms with Gasteiger partial charge in [-0.05, 0) is 39.8 Å². The van der Waals surface area contributed by atoms with Crippen LogP contribution < -0.4 is 5.32 Å². The number of carbonyl (C=O) groups is 1. The summed E-state index contributed by atoms with van der Waals surface area (Å²) in [6.07, 6.45) is 0.209. The largest absolute Gasteiger partial charge is 0.293 e. The smallest absolute Gasteiger partial charge is 0.249 e. The molecule has 0 spiro atoms. The van der Waals surface area contributed by atoms with Crippen molar-refractivity contribution >= 4 is 11.9 Å². The topological polar surface area (TPSA) is 85.6 Å². The summed E-state index contributed by atoms with van der Waals surface area (Å²) < 4.78 is 1.85. The SMILES string of the molecule is Cc1nnc(NC(=O)Cc2c(C)nn(-c3ccccc3)c2C)nc1C. The Hall–Kier alpha value is -3.09. The van der Waals surface area contributed by atoms with Crippen molar-refractivity contribution < 1.29 is 4.79 Å². The molecular weight excluding hydrogens is 316 g/mol. The van der Waals surface area contributed by atoms with E-state index in [0.717, 1.165) is 34.0 Å². The zero-order valence-electron chi connectivity index (χ0n) is 14.7. The van der Waals surface area contributed by atoms with E-state index in [2.05, 4.69) is 25.6 Å². The van der Waals surface area contributed by atoms with Gasteiger partial charge in [-0.1, -0.05) is 18.2 Å². The minimum atomic E-state index is -0.191. The van der Waals surface area contributed by atoms with Gasteiger partial charge in [0, 0.05) is 11.3 Å². The van der Waals surface area contributed by atoms with Crippen LogP contribution in [0.1, 0.15) is 28.3 Å². The van der Waals surface area contributed by atoms with Gasteiger partial charge in [-0.25, -0.2) is 9.67 Å². The molecule has 7 heteroatoms. The molecule has 2 heterocycles. The number of hydrogen-bond acceptors (Lipinski definition) is 5. The van der Waals surface area contributed by atoms with Crippen molar-refractivity contribution in [2.75, 3.05) is 5.32 Å². The average Bonchev–Trinajstić information content (AvgIpc) is 2.87. The van der Waals surface area contributed by atoms with Crippen molar-refractivity contribution in [3.05, 3.63) is 58.7 Å². The van der Waals surface area contributed by atoms with Gasteiger partial charge in [-0.3, -0.25) is 10.1 Å². The van der Waals surface area contributed by atoms with Gasteiger partial charge in [0.15, 0.2) is 0 Å². The molecule has 7 nitrogen and oxygen atoms in total. The number of benzene rings is 1. The normalized spacial score (nSPS) is 10.7. The van der Waals surface area contributed by atoms with Gasteiger partial charge in [0.05, 0.1) is 29.2 Å². The van der Waals surface area contributed by atoms with Crippen LogP contribution >= 0.6 is 0 Å². The van der Waals surface area contributed by atoms with Crippen LogP contribution in [-0.4, -0.2) is 30.9 Å². The number of anilines is 1. The molecule has 2 aromatic heterocycles. The second kappa shape index (κ2) is 6.80. The minimum Gasteiger partial charge on any atom is -0.293 e. The predicted octanol–water partition coefficient (Wildman–Crippen LogP) is 2.47. The Kier molecular flexibility index (Phi) is 4.56. The Morgan fingerprint density at radius 3 is 2.40 bits per heavy atom. The van der Waals surface area contributed by atoms with E-state index in [4.69, 9.17) is 0 Å². The van der Waals surface area contributed by atoms with Crippen molar-refractivity contribution in [2.24, 2.45) is 0 Å². The number of aryl methyl sites for hydroxylation is 3. The van der Waals surface area contributed by atoms with Crippen LogP contribution in [0.15, 0.2) is 30.3 Å². The van der Waals surface area contributed by atoms with E-state index >= 15 is 0 Å². The molecule has 0 fully saturated rings. The molecule has 0 aliphatic heterocycles. The molecule has 0 bridgehead atoms. The van der Waals surface area contributed by atoms with Crippen molar-refractivity contribution in [1.82, 2.24) is 25.0 Å². The fraction of sp³-hybridized carbons (Fsp3) is 0.278. The maximum atomic E-state index is 12.4. The van der Waals surface area contributed by atoms with Crippen LogP contribution in [0.4, 0.5) is 5.95 Å². The number of rotatable bonds is 4. The van der Waals surface area contributed by atoms with E-state index in [1.165, 1.54) is 0 Å². The van der Waals surface area contributed by atoms with Gasteiger partial charge in [-0.15, -0.1) is 5.10 Å². The molecule has 0 aliphatic rings. The lowest BCUT2D eigenvalue weighted by atomic mass is 10.1. The summed E-state index contributed by atoms with van der Waals surface area (Å²) in [5, 5.41) is 15.1. The maximum absolute atomic E-state index is 12.4. The number of nitrogens with zero attached hydrogens (tertiary/aromatic N) is 5. The molecule has 0 atom stereocenters. The number of amides is 1. The lowest BCUT2D eigenvalue weighted by Crippen LogP contribution is -2.18. The van der Waals surface area contributed by atoms with Gasteiger partial charge in [0.25, 0.3) is 0 Å². The fourth-order valence-corrected chi connectivity index (χ4v) is 2.59. The minimum absolute atomic E-state index is 0.191. The molecule has 1 amide bonds. The first-order valence-electron chi connectivity index (χ1n) is 8.04. The van der Waals surface area contributed by atoms with Crippen LogP contribution in [0.5, 0.6) is 0 Å². The summed E-state index contributed by atoms with van der Waals surface area (Å²) >= 11 is 0. The van der Waals surface area contributed by atoms with Gasteiger partial charge < -0.3 is 0 Å². The third-order valence-corrected chi connectivity index (χ3v) is 4.12. The van der Waals surface area contributed by atoms with Crippen LogP contribution in [-0.2, 0) is 11.2 Å². The molecule has 3 aromatic rings. The fourth-order valence-electron chi connectivity index (χ4n) is 2.59. The Morgan fingerprint density at radius 2 is 1.72 bits per heavy atom. The van der Waals surface area contributed by atoms with E-state index in [-0.39, 0.29) is 18.3 Å². The third kappa shape index (κ3) is 3.55.